The summed E-state index contributed by atoms with van der Waals surface area (Å²) in [5.74, 6) is -0.606. The number of carbonyl (C=O) groups is 1. The number of nitrogens with zero attached hydrogens (tertiary/aromatic N) is 1. The zero-order valence-corrected chi connectivity index (χ0v) is 11.2. The van der Waals surface area contributed by atoms with E-state index in [1.807, 2.05) is 0 Å². The molecule has 0 radical (unpaired) electrons. The Morgan fingerprint density at radius 1 is 1.35 bits per heavy atom. The molecule has 1 aromatic carbocycles. The average Bonchev–Trinajstić information content (AvgIpc) is 2.36. The number of carbonyl (C=O) groups excluding carboxylic acids is 1. The molecule has 0 aromatic heterocycles. The van der Waals surface area contributed by atoms with Crippen LogP contribution < -0.4 is 0 Å². The highest BCUT2D eigenvalue weighted by Gasteiger charge is 2.34. The van der Waals surface area contributed by atoms with Crippen LogP contribution in [0.3, 0.4) is 0 Å². The number of benzene rings is 1. The molecule has 20 heavy (non-hydrogen) atoms. The topological polar surface area (TPSA) is 50.1 Å². The second kappa shape index (κ2) is 6.42. The fraction of sp³-hybridized carbons (Fsp3) is 0.429. The summed E-state index contributed by atoms with van der Waals surface area (Å²) in [5, 5.41) is 8.82. The molecule has 3 nitrogen and oxygen atoms in total. The highest BCUT2D eigenvalue weighted by Crippen LogP contribution is 2.35. The first-order valence-corrected chi connectivity index (χ1v) is 6.12. The zero-order chi connectivity index (χ0) is 15.3. The van der Waals surface area contributed by atoms with Crippen molar-refractivity contribution in [3.8, 4) is 6.07 Å². The van der Waals surface area contributed by atoms with E-state index in [-0.39, 0.29) is 36.1 Å². The zero-order valence-electron chi connectivity index (χ0n) is 11.2. The van der Waals surface area contributed by atoms with Gasteiger partial charge < -0.3 is 4.74 Å². The second-order valence-corrected chi connectivity index (χ2v) is 4.11. The van der Waals surface area contributed by atoms with Gasteiger partial charge in [-0.2, -0.15) is 18.4 Å². The van der Waals surface area contributed by atoms with Crippen molar-refractivity contribution in [2.24, 2.45) is 0 Å². The summed E-state index contributed by atoms with van der Waals surface area (Å²) >= 11 is 0. The van der Waals surface area contributed by atoms with Crippen LogP contribution in [0.5, 0.6) is 0 Å². The molecule has 1 aromatic rings. The number of esters is 1. The Morgan fingerprint density at radius 3 is 2.45 bits per heavy atom. The van der Waals surface area contributed by atoms with E-state index >= 15 is 0 Å². The Morgan fingerprint density at radius 2 is 2.00 bits per heavy atom. The molecule has 0 aliphatic rings. The van der Waals surface area contributed by atoms with Gasteiger partial charge in [0.2, 0.25) is 0 Å². The van der Waals surface area contributed by atoms with E-state index in [1.165, 1.54) is 6.07 Å². The lowest BCUT2D eigenvalue weighted by atomic mass is 9.94. The van der Waals surface area contributed by atoms with Crippen molar-refractivity contribution in [1.82, 2.24) is 0 Å². The third kappa shape index (κ3) is 3.73. The summed E-state index contributed by atoms with van der Waals surface area (Å²) in [5.41, 5.74) is -0.756. The van der Waals surface area contributed by atoms with Crippen molar-refractivity contribution < 1.29 is 22.7 Å². The predicted octanol–water partition coefficient (Wildman–Crippen LogP) is 3.25. The first kappa shape index (κ1) is 16.0. The average molecular weight is 285 g/mol. The van der Waals surface area contributed by atoms with Crippen molar-refractivity contribution >= 4 is 5.97 Å². The van der Waals surface area contributed by atoms with Gasteiger partial charge in [-0.05, 0) is 36.6 Å². The Bertz CT molecular complexity index is 545. The van der Waals surface area contributed by atoms with Gasteiger partial charge in [-0.1, -0.05) is 6.92 Å². The molecule has 0 aliphatic carbocycles. The van der Waals surface area contributed by atoms with Crippen molar-refractivity contribution in [2.45, 2.75) is 32.9 Å². The minimum Gasteiger partial charge on any atom is -0.466 e. The standard InChI is InChI=1S/C14H14F3NO2/c1-3-11-10(7-13(19)20-4-2)5-9(8-18)6-12(11)14(15,16)17/h5-6H,3-4,7H2,1-2H3. The van der Waals surface area contributed by atoms with E-state index in [9.17, 15) is 18.0 Å². The summed E-state index contributed by atoms with van der Waals surface area (Å²) < 4.78 is 43.7. The van der Waals surface area contributed by atoms with Gasteiger partial charge in [-0.3, -0.25) is 4.79 Å². The fourth-order valence-electron chi connectivity index (χ4n) is 1.99. The van der Waals surface area contributed by atoms with Crippen molar-refractivity contribution in [3.05, 3.63) is 34.4 Å². The predicted molar refractivity (Wildman–Crippen MR) is 65.9 cm³/mol. The van der Waals surface area contributed by atoms with Crippen molar-refractivity contribution in [1.29, 1.82) is 5.26 Å². The van der Waals surface area contributed by atoms with Gasteiger partial charge >= 0.3 is 12.1 Å². The molecule has 0 heterocycles. The van der Waals surface area contributed by atoms with Crippen LogP contribution >= 0.6 is 0 Å². The van der Waals surface area contributed by atoms with Crippen molar-refractivity contribution in [2.75, 3.05) is 6.61 Å². The quantitative estimate of drug-likeness (QED) is 0.798. The van der Waals surface area contributed by atoms with E-state index in [1.54, 1.807) is 19.9 Å². The van der Waals surface area contributed by atoms with Crippen LogP contribution in [-0.2, 0) is 28.5 Å². The monoisotopic (exact) mass is 285 g/mol. The lowest BCUT2D eigenvalue weighted by Gasteiger charge is -2.16. The van der Waals surface area contributed by atoms with E-state index in [2.05, 4.69) is 0 Å². The molecule has 0 saturated carbocycles. The Balaban J connectivity index is 3.35. The van der Waals surface area contributed by atoms with Gasteiger partial charge in [0.1, 0.15) is 0 Å². The highest BCUT2D eigenvalue weighted by molar-refractivity contribution is 5.73. The van der Waals surface area contributed by atoms with Crippen LogP contribution in [0.1, 0.15) is 36.1 Å². The van der Waals surface area contributed by atoms with Gasteiger partial charge in [0.15, 0.2) is 0 Å². The van der Waals surface area contributed by atoms with Gasteiger partial charge in [0.25, 0.3) is 0 Å². The number of rotatable bonds is 4. The maximum absolute atomic E-state index is 13.0. The molecule has 0 spiro atoms. The smallest absolute Gasteiger partial charge is 0.416 e. The maximum Gasteiger partial charge on any atom is 0.416 e. The van der Waals surface area contributed by atoms with Gasteiger partial charge in [-0.15, -0.1) is 0 Å². The molecule has 0 aliphatic heterocycles. The van der Waals surface area contributed by atoms with Crippen LogP contribution in [0.25, 0.3) is 0 Å². The molecule has 0 bridgehead atoms. The molecule has 1 rings (SSSR count). The second-order valence-electron chi connectivity index (χ2n) is 4.11. The van der Waals surface area contributed by atoms with Crippen molar-refractivity contribution in [3.63, 3.8) is 0 Å². The van der Waals surface area contributed by atoms with Crippen LogP contribution in [0.4, 0.5) is 13.2 Å². The molecule has 108 valence electrons. The number of nitriles is 1. The number of ether oxygens (including phenoxy) is 1. The molecule has 0 atom stereocenters. The van der Waals surface area contributed by atoms with Crippen LogP contribution in [-0.4, -0.2) is 12.6 Å². The largest absolute Gasteiger partial charge is 0.466 e. The summed E-state index contributed by atoms with van der Waals surface area (Å²) in [6.45, 7) is 3.35. The Kier molecular flexibility index (Phi) is 5.14. The van der Waals surface area contributed by atoms with Gasteiger partial charge in [0.05, 0.1) is 30.2 Å². The van der Waals surface area contributed by atoms with E-state index in [0.29, 0.717) is 0 Å². The maximum atomic E-state index is 13.0. The SMILES string of the molecule is CCOC(=O)Cc1cc(C#N)cc(C(F)(F)F)c1CC. The third-order valence-electron chi connectivity index (χ3n) is 2.77. The summed E-state index contributed by atoms with van der Waals surface area (Å²) in [6, 6.07) is 3.81. The van der Waals surface area contributed by atoms with Crippen LogP contribution in [0.2, 0.25) is 0 Å². The molecular formula is C14H14F3NO2. The van der Waals surface area contributed by atoms with Gasteiger partial charge in [0, 0.05) is 0 Å². The van der Waals surface area contributed by atoms with Gasteiger partial charge in [-0.25, -0.2) is 0 Å². The first-order chi connectivity index (χ1) is 9.33. The van der Waals surface area contributed by atoms with E-state index < -0.39 is 17.7 Å². The number of hydrogen-bond donors (Lipinski definition) is 0. The fourth-order valence-corrected chi connectivity index (χ4v) is 1.99. The molecule has 0 N–H and O–H groups in total. The summed E-state index contributed by atoms with van der Waals surface area (Å²) in [7, 11) is 0. The summed E-state index contributed by atoms with van der Waals surface area (Å²) in [4.78, 5) is 11.5. The van der Waals surface area contributed by atoms with E-state index in [4.69, 9.17) is 10.00 Å². The van der Waals surface area contributed by atoms with Crippen LogP contribution in [0, 0.1) is 11.3 Å². The lowest BCUT2D eigenvalue weighted by Crippen LogP contribution is -2.15. The Labute approximate surface area is 115 Å². The lowest BCUT2D eigenvalue weighted by molar-refractivity contribution is -0.143. The molecule has 0 unspecified atom stereocenters. The number of alkyl halides is 3. The molecule has 0 fully saturated rings. The number of halogens is 3. The minimum absolute atomic E-state index is 0.0320. The third-order valence-corrected chi connectivity index (χ3v) is 2.77. The van der Waals surface area contributed by atoms with Crippen LogP contribution in [0.15, 0.2) is 12.1 Å². The normalized spacial score (nSPS) is 11.0. The molecule has 0 saturated heterocycles. The Hall–Kier alpha value is -2.03. The van der Waals surface area contributed by atoms with E-state index in [0.717, 1.165) is 6.07 Å². The first-order valence-electron chi connectivity index (χ1n) is 6.12. The number of hydrogen-bond acceptors (Lipinski definition) is 3. The summed E-state index contributed by atoms with van der Waals surface area (Å²) in [6.07, 6.45) is -4.70. The highest BCUT2D eigenvalue weighted by atomic mass is 19.4. The molecule has 0 amide bonds. The minimum atomic E-state index is -4.55. The molecule has 6 heteroatoms. The molecular weight excluding hydrogens is 271 g/mol.